The van der Waals surface area contributed by atoms with Crippen LogP contribution in [0.1, 0.15) is 49.3 Å². The molecule has 1 amide bonds. The topological polar surface area (TPSA) is 55.1 Å². The molecule has 136 valence electrons. The molecular formula is C20H26Cl2N2O. The molecular weight excluding hydrogens is 355 g/mol. The molecule has 0 heterocycles. The Morgan fingerprint density at radius 3 is 2.32 bits per heavy atom. The van der Waals surface area contributed by atoms with E-state index < -0.39 is 0 Å². The summed E-state index contributed by atoms with van der Waals surface area (Å²) in [5.41, 5.74) is 7.53. The Bertz CT molecular complexity index is 635. The number of halogens is 2. The first-order chi connectivity index (χ1) is 11.7. The third kappa shape index (κ3) is 7.47. The number of hydrogen-bond donors (Lipinski definition) is 2. The second kappa shape index (κ2) is 11.9. The highest BCUT2D eigenvalue weighted by Gasteiger charge is 2.16. The standard InChI is InChI=1S/C20H25ClN2O.ClH/c21-18-12-8-11-17(15-18)20(16-9-4-3-5-10-16)23-19(24)13-6-1-2-7-14-22;/h3-5,8-12,15,20H,1-2,6-7,13-14,22H2,(H,23,24);1H. The lowest BCUT2D eigenvalue weighted by Crippen LogP contribution is -2.29. The van der Waals surface area contributed by atoms with Gasteiger partial charge in [-0.2, -0.15) is 0 Å². The Morgan fingerprint density at radius 1 is 0.960 bits per heavy atom. The minimum absolute atomic E-state index is 0. The van der Waals surface area contributed by atoms with E-state index in [9.17, 15) is 4.79 Å². The largest absolute Gasteiger partial charge is 0.345 e. The Kier molecular flexibility index (Phi) is 10.2. The highest BCUT2D eigenvalue weighted by atomic mass is 35.5. The van der Waals surface area contributed by atoms with Crippen LogP contribution in [-0.2, 0) is 4.79 Å². The van der Waals surface area contributed by atoms with E-state index in [0.29, 0.717) is 11.4 Å². The minimum atomic E-state index is -0.179. The van der Waals surface area contributed by atoms with Gasteiger partial charge in [-0.1, -0.05) is 66.9 Å². The SMILES string of the molecule is Cl.NCCCCCCC(=O)NC(c1ccccc1)c1cccc(Cl)c1. The van der Waals surface area contributed by atoms with Gasteiger partial charge in [0.15, 0.2) is 0 Å². The van der Waals surface area contributed by atoms with Crippen LogP contribution in [0.5, 0.6) is 0 Å². The van der Waals surface area contributed by atoms with Gasteiger partial charge < -0.3 is 11.1 Å². The van der Waals surface area contributed by atoms with Crippen LogP contribution in [0, 0.1) is 0 Å². The zero-order valence-corrected chi connectivity index (χ0v) is 15.9. The molecule has 2 aromatic rings. The van der Waals surface area contributed by atoms with Gasteiger partial charge >= 0.3 is 0 Å². The van der Waals surface area contributed by atoms with Crippen LogP contribution in [0.25, 0.3) is 0 Å². The van der Waals surface area contributed by atoms with Gasteiger partial charge in [0.05, 0.1) is 6.04 Å². The summed E-state index contributed by atoms with van der Waals surface area (Å²) in [5, 5.41) is 3.82. The van der Waals surface area contributed by atoms with Crippen LogP contribution in [0.4, 0.5) is 0 Å². The lowest BCUT2D eigenvalue weighted by Gasteiger charge is -2.20. The summed E-state index contributed by atoms with van der Waals surface area (Å²) in [7, 11) is 0. The van der Waals surface area contributed by atoms with E-state index >= 15 is 0 Å². The van der Waals surface area contributed by atoms with Crippen molar-refractivity contribution in [3.63, 3.8) is 0 Å². The van der Waals surface area contributed by atoms with Crippen molar-refractivity contribution < 1.29 is 4.79 Å². The molecule has 3 N–H and O–H groups in total. The highest BCUT2D eigenvalue weighted by molar-refractivity contribution is 6.30. The van der Waals surface area contributed by atoms with Crippen molar-refractivity contribution in [2.24, 2.45) is 5.73 Å². The second-order valence-corrected chi connectivity index (χ2v) is 6.36. The Labute approximate surface area is 161 Å². The number of hydrogen-bond acceptors (Lipinski definition) is 2. The first kappa shape index (κ1) is 21.5. The molecule has 25 heavy (non-hydrogen) atoms. The minimum Gasteiger partial charge on any atom is -0.345 e. The van der Waals surface area contributed by atoms with Gasteiger partial charge in [-0.3, -0.25) is 4.79 Å². The zero-order valence-electron chi connectivity index (χ0n) is 14.3. The molecule has 0 aliphatic heterocycles. The molecule has 1 unspecified atom stereocenters. The van der Waals surface area contributed by atoms with Crippen molar-refractivity contribution in [1.82, 2.24) is 5.32 Å². The Hall–Kier alpha value is -1.55. The molecule has 0 aromatic heterocycles. The second-order valence-electron chi connectivity index (χ2n) is 5.92. The van der Waals surface area contributed by atoms with Gasteiger partial charge in [0.1, 0.15) is 0 Å². The highest BCUT2D eigenvalue weighted by Crippen LogP contribution is 2.24. The average Bonchev–Trinajstić information content (AvgIpc) is 2.60. The molecule has 1 atom stereocenters. The third-order valence-electron chi connectivity index (χ3n) is 3.98. The van der Waals surface area contributed by atoms with E-state index in [2.05, 4.69) is 5.32 Å². The van der Waals surface area contributed by atoms with Crippen molar-refractivity contribution in [1.29, 1.82) is 0 Å². The van der Waals surface area contributed by atoms with Gasteiger partial charge in [-0.25, -0.2) is 0 Å². The van der Waals surface area contributed by atoms with Crippen molar-refractivity contribution in [3.8, 4) is 0 Å². The summed E-state index contributed by atoms with van der Waals surface area (Å²) in [6.45, 7) is 0.719. The van der Waals surface area contributed by atoms with Gasteiger partial charge in [-0.05, 0) is 42.6 Å². The summed E-state index contributed by atoms with van der Waals surface area (Å²) >= 11 is 6.12. The van der Waals surface area contributed by atoms with Crippen molar-refractivity contribution in [3.05, 3.63) is 70.7 Å². The Morgan fingerprint density at radius 2 is 1.64 bits per heavy atom. The maximum Gasteiger partial charge on any atom is 0.220 e. The number of unbranched alkanes of at least 4 members (excludes halogenated alkanes) is 3. The summed E-state index contributed by atoms with van der Waals surface area (Å²) in [5.74, 6) is 0.0663. The van der Waals surface area contributed by atoms with Crippen LogP contribution < -0.4 is 11.1 Å². The van der Waals surface area contributed by atoms with Crippen LogP contribution in [0.15, 0.2) is 54.6 Å². The van der Waals surface area contributed by atoms with Crippen molar-refractivity contribution in [2.45, 2.75) is 38.1 Å². The lowest BCUT2D eigenvalue weighted by atomic mass is 9.98. The molecule has 0 saturated carbocycles. The molecule has 0 radical (unpaired) electrons. The number of rotatable bonds is 9. The van der Waals surface area contributed by atoms with Gasteiger partial charge in [0.25, 0.3) is 0 Å². The van der Waals surface area contributed by atoms with Crippen LogP contribution in [-0.4, -0.2) is 12.5 Å². The molecule has 2 aromatic carbocycles. The molecule has 5 heteroatoms. The van der Waals surface area contributed by atoms with Gasteiger partial charge in [-0.15, -0.1) is 12.4 Å². The van der Waals surface area contributed by atoms with Gasteiger partial charge in [0.2, 0.25) is 5.91 Å². The maximum atomic E-state index is 12.3. The number of carbonyl (C=O) groups is 1. The predicted octanol–water partition coefficient (Wildman–Crippen LogP) is 4.88. The molecule has 0 bridgehead atoms. The first-order valence-electron chi connectivity index (χ1n) is 8.50. The number of nitrogens with two attached hydrogens (primary N) is 1. The van der Waals surface area contributed by atoms with E-state index in [-0.39, 0.29) is 24.4 Å². The van der Waals surface area contributed by atoms with E-state index in [1.54, 1.807) is 0 Å². The smallest absolute Gasteiger partial charge is 0.220 e. The summed E-state index contributed by atoms with van der Waals surface area (Å²) in [4.78, 5) is 12.3. The average molecular weight is 381 g/mol. The van der Waals surface area contributed by atoms with Crippen molar-refractivity contribution in [2.75, 3.05) is 6.54 Å². The van der Waals surface area contributed by atoms with E-state index in [0.717, 1.165) is 43.4 Å². The molecule has 2 rings (SSSR count). The number of amides is 1. The van der Waals surface area contributed by atoms with E-state index in [1.165, 1.54) is 0 Å². The Balaban J connectivity index is 0.00000312. The fourth-order valence-corrected chi connectivity index (χ4v) is 2.91. The lowest BCUT2D eigenvalue weighted by molar-refractivity contribution is -0.121. The fourth-order valence-electron chi connectivity index (χ4n) is 2.71. The molecule has 3 nitrogen and oxygen atoms in total. The fraction of sp³-hybridized carbons (Fsp3) is 0.350. The molecule has 0 fully saturated rings. The molecule has 0 aliphatic carbocycles. The summed E-state index contributed by atoms with van der Waals surface area (Å²) in [6, 6.07) is 17.4. The number of benzene rings is 2. The third-order valence-corrected chi connectivity index (χ3v) is 4.21. The number of nitrogens with one attached hydrogen (secondary N) is 1. The van der Waals surface area contributed by atoms with Crippen molar-refractivity contribution >= 4 is 29.9 Å². The first-order valence-corrected chi connectivity index (χ1v) is 8.88. The summed E-state index contributed by atoms with van der Waals surface area (Å²) < 4.78 is 0. The zero-order chi connectivity index (χ0) is 17.2. The quantitative estimate of drug-likeness (QED) is 0.609. The molecule has 0 aliphatic rings. The molecule has 0 spiro atoms. The normalized spacial score (nSPS) is 11.4. The monoisotopic (exact) mass is 380 g/mol. The van der Waals surface area contributed by atoms with Gasteiger partial charge in [0, 0.05) is 11.4 Å². The van der Waals surface area contributed by atoms with Crippen LogP contribution in [0.2, 0.25) is 5.02 Å². The number of carbonyl (C=O) groups excluding carboxylic acids is 1. The summed E-state index contributed by atoms with van der Waals surface area (Å²) in [6.07, 6.45) is 4.58. The van der Waals surface area contributed by atoms with E-state index in [1.807, 2.05) is 54.6 Å². The van der Waals surface area contributed by atoms with Crippen LogP contribution in [0.3, 0.4) is 0 Å². The molecule has 0 saturated heterocycles. The van der Waals surface area contributed by atoms with E-state index in [4.69, 9.17) is 17.3 Å². The van der Waals surface area contributed by atoms with Crippen LogP contribution >= 0.6 is 24.0 Å². The maximum absolute atomic E-state index is 12.3. The predicted molar refractivity (Wildman–Crippen MR) is 107 cm³/mol.